The lowest BCUT2D eigenvalue weighted by molar-refractivity contribution is -0.127. The van der Waals surface area contributed by atoms with Crippen LogP contribution in [0.1, 0.15) is 18.1 Å². The molecule has 0 aliphatic heterocycles. The molecule has 2 N–H and O–H groups in total. The predicted octanol–water partition coefficient (Wildman–Crippen LogP) is 0.736. The summed E-state index contributed by atoms with van der Waals surface area (Å²) in [7, 11) is -3.23. The Labute approximate surface area is 125 Å². The van der Waals surface area contributed by atoms with Gasteiger partial charge in [0.15, 0.2) is 6.10 Å². The van der Waals surface area contributed by atoms with Crippen molar-refractivity contribution < 1.29 is 17.9 Å². The van der Waals surface area contributed by atoms with Gasteiger partial charge in [0.05, 0.1) is 6.26 Å². The Hall–Kier alpha value is -1.60. The minimum atomic E-state index is -3.23. The largest absolute Gasteiger partial charge is 0.481 e. The SMILES string of the molecule is Cc1ccc(C)c(O[C@H](C)C(=O)NCCNS(C)(=O)=O)c1. The molecule has 1 aromatic rings. The smallest absolute Gasteiger partial charge is 0.260 e. The van der Waals surface area contributed by atoms with Crippen LogP contribution in [0.4, 0.5) is 0 Å². The molecule has 1 amide bonds. The summed E-state index contributed by atoms with van der Waals surface area (Å²) in [5.41, 5.74) is 2.01. The number of rotatable bonds is 7. The number of carbonyl (C=O) groups is 1. The second kappa shape index (κ2) is 7.42. The summed E-state index contributed by atoms with van der Waals surface area (Å²) in [5.74, 6) is 0.387. The van der Waals surface area contributed by atoms with E-state index < -0.39 is 16.1 Å². The lowest BCUT2D eigenvalue weighted by Gasteiger charge is -2.16. The van der Waals surface area contributed by atoms with Crippen molar-refractivity contribution in [3.63, 3.8) is 0 Å². The van der Waals surface area contributed by atoms with Crippen molar-refractivity contribution in [1.29, 1.82) is 0 Å². The van der Waals surface area contributed by atoms with Gasteiger partial charge in [0.2, 0.25) is 10.0 Å². The number of aryl methyl sites for hydroxylation is 2. The molecule has 7 heteroatoms. The molecule has 0 saturated carbocycles. The van der Waals surface area contributed by atoms with E-state index in [4.69, 9.17) is 4.74 Å². The highest BCUT2D eigenvalue weighted by Crippen LogP contribution is 2.20. The Morgan fingerprint density at radius 2 is 1.95 bits per heavy atom. The number of carbonyl (C=O) groups excluding carboxylic acids is 1. The number of ether oxygens (including phenoxy) is 1. The number of sulfonamides is 1. The minimum Gasteiger partial charge on any atom is -0.481 e. The van der Waals surface area contributed by atoms with Gasteiger partial charge in [-0.25, -0.2) is 13.1 Å². The lowest BCUT2D eigenvalue weighted by atomic mass is 10.1. The molecule has 0 radical (unpaired) electrons. The number of amides is 1. The summed E-state index contributed by atoms with van der Waals surface area (Å²) in [6, 6.07) is 5.79. The molecule has 6 nitrogen and oxygen atoms in total. The summed E-state index contributed by atoms with van der Waals surface area (Å²) in [5, 5.41) is 2.62. The molecule has 0 unspecified atom stereocenters. The quantitative estimate of drug-likeness (QED) is 0.727. The summed E-state index contributed by atoms with van der Waals surface area (Å²) in [6.07, 6.45) is 0.421. The van der Waals surface area contributed by atoms with E-state index in [2.05, 4.69) is 10.0 Å². The van der Waals surface area contributed by atoms with Crippen molar-refractivity contribution in [2.75, 3.05) is 19.3 Å². The molecular weight excluding hydrogens is 292 g/mol. The van der Waals surface area contributed by atoms with Gasteiger partial charge in [0.1, 0.15) is 5.75 Å². The molecule has 0 aromatic heterocycles. The maximum absolute atomic E-state index is 11.9. The molecule has 0 bridgehead atoms. The Bertz CT molecular complexity index is 599. The molecule has 1 atom stereocenters. The van der Waals surface area contributed by atoms with Gasteiger partial charge in [-0.15, -0.1) is 0 Å². The van der Waals surface area contributed by atoms with Gasteiger partial charge in [-0.3, -0.25) is 4.79 Å². The van der Waals surface area contributed by atoms with Crippen LogP contribution in [0.15, 0.2) is 18.2 Å². The van der Waals surface area contributed by atoms with Gasteiger partial charge >= 0.3 is 0 Å². The monoisotopic (exact) mass is 314 g/mol. The highest BCUT2D eigenvalue weighted by Gasteiger charge is 2.15. The second-order valence-corrected chi connectivity index (χ2v) is 6.82. The highest BCUT2D eigenvalue weighted by molar-refractivity contribution is 7.88. The normalized spacial score (nSPS) is 12.8. The summed E-state index contributed by atoms with van der Waals surface area (Å²) in [6.45, 7) is 5.89. The van der Waals surface area contributed by atoms with E-state index >= 15 is 0 Å². The van der Waals surface area contributed by atoms with Gasteiger partial charge in [-0.1, -0.05) is 12.1 Å². The van der Waals surface area contributed by atoms with E-state index in [1.807, 2.05) is 32.0 Å². The van der Waals surface area contributed by atoms with Crippen LogP contribution in [0, 0.1) is 13.8 Å². The van der Waals surface area contributed by atoms with Crippen LogP contribution in [0.3, 0.4) is 0 Å². The van der Waals surface area contributed by atoms with E-state index in [0.717, 1.165) is 17.4 Å². The minimum absolute atomic E-state index is 0.154. The van der Waals surface area contributed by atoms with Crippen LogP contribution >= 0.6 is 0 Å². The van der Waals surface area contributed by atoms with Crippen molar-refractivity contribution in [1.82, 2.24) is 10.0 Å². The van der Waals surface area contributed by atoms with Crippen LogP contribution in [-0.2, 0) is 14.8 Å². The molecule has 1 aromatic carbocycles. The summed E-state index contributed by atoms with van der Waals surface area (Å²) < 4.78 is 29.7. The first-order valence-corrected chi connectivity index (χ1v) is 8.54. The summed E-state index contributed by atoms with van der Waals surface area (Å²) >= 11 is 0. The number of hydrogen-bond donors (Lipinski definition) is 2. The van der Waals surface area contributed by atoms with Crippen molar-refractivity contribution in [2.24, 2.45) is 0 Å². The van der Waals surface area contributed by atoms with Gasteiger partial charge < -0.3 is 10.1 Å². The molecule has 1 rings (SSSR count). The first kappa shape index (κ1) is 17.5. The van der Waals surface area contributed by atoms with Crippen LogP contribution in [0.2, 0.25) is 0 Å². The van der Waals surface area contributed by atoms with Crippen molar-refractivity contribution in [3.8, 4) is 5.75 Å². The number of hydrogen-bond acceptors (Lipinski definition) is 4. The fourth-order valence-corrected chi connectivity index (χ4v) is 2.12. The molecule has 118 valence electrons. The standard InChI is InChI=1S/C14H22N2O4S/c1-10-5-6-11(2)13(9-10)20-12(3)14(17)15-7-8-16-21(4,18)19/h5-6,9,12,16H,7-8H2,1-4H3,(H,15,17)/t12-/m1/s1. The molecule has 0 saturated heterocycles. The van der Waals surface area contributed by atoms with Gasteiger partial charge in [-0.05, 0) is 38.0 Å². The molecular formula is C14H22N2O4S. The van der Waals surface area contributed by atoms with E-state index in [1.54, 1.807) is 6.92 Å². The topological polar surface area (TPSA) is 84.5 Å². The number of benzene rings is 1. The molecule has 0 heterocycles. The zero-order valence-corrected chi connectivity index (χ0v) is 13.6. The van der Waals surface area contributed by atoms with Crippen LogP contribution < -0.4 is 14.8 Å². The Morgan fingerprint density at radius 1 is 1.29 bits per heavy atom. The molecule has 0 aliphatic rings. The third kappa shape index (κ3) is 6.59. The average Bonchev–Trinajstić information content (AvgIpc) is 2.37. The van der Waals surface area contributed by atoms with Crippen molar-refractivity contribution in [2.45, 2.75) is 26.9 Å². The highest BCUT2D eigenvalue weighted by atomic mass is 32.2. The number of nitrogens with one attached hydrogen (secondary N) is 2. The molecule has 0 spiro atoms. The van der Waals surface area contributed by atoms with E-state index in [1.165, 1.54) is 0 Å². The third-order valence-electron chi connectivity index (χ3n) is 2.81. The first-order chi connectivity index (χ1) is 9.69. The first-order valence-electron chi connectivity index (χ1n) is 6.65. The average molecular weight is 314 g/mol. The van der Waals surface area contributed by atoms with Crippen molar-refractivity contribution in [3.05, 3.63) is 29.3 Å². The van der Waals surface area contributed by atoms with Gasteiger partial charge in [-0.2, -0.15) is 0 Å². The van der Waals surface area contributed by atoms with Crippen LogP contribution in [-0.4, -0.2) is 39.8 Å². The predicted molar refractivity (Wildman–Crippen MR) is 81.9 cm³/mol. The molecule has 0 fully saturated rings. The lowest BCUT2D eigenvalue weighted by Crippen LogP contribution is -2.40. The fraction of sp³-hybridized carbons (Fsp3) is 0.500. The second-order valence-electron chi connectivity index (χ2n) is 4.99. The summed E-state index contributed by atoms with van der Waals surface area (Å²) in [4.78, 5) is 11.9. The van der Waals surface area contributed by atoms with Crippen molar-refractivity contribution >= 4 is 15.9 Å². The van der Waals surface area contributed by atoms with E-state index in [-0.39, 0.29) is 19.0 Å². The zero-order valence-electron chi connectivity index (χ0n) is 12.8. The zero-order chi connectivity index (χ0) is 16.0. The van der Waals surface area contributed by atoms with Gasteiger partial charge in [0.25, 0.3) is 5.91 Å². The fourth-order valence-electron chi connectivity index (χ4n) is 1.64. The Morgan fingerprint density at radius 3 is 2.57 bits per heavy atom. The van der Waals surface area contributed by atoms with E-state index in [0.29, 0.717) is 5.75 Å². The Balaban J connectivity index is 2.46. The molecule has 21 heavy (non-hydrogen) atoms. The van der Waals surface area contributed by atoms with Gasteiger partial charge in [0, 0.05) is 13.1 Å². The maximum atomic E-state index is 11.9. The van der Waals surface area contributed by atoms with E-state index in [9.17, 15) is 13.2 Å². The third-order valence-corrected chi connectivity index (χ3v) is 3.53. The Kier molecular flexibility index (Phi) is 6.17. The van der Waals surface area contributed by atoms with Crippen LogP contribution in [0.5, 0.6) is 5.75 Å². The maximum Gasteiger partial charge on any atom is 0.260 e. The van der Waals surface area contributed by atoms with Crippen LogP contribution in [0.25, 0.3) is 0 Å². The molecule has 0 aliphatic carbocycles.